The van der Waals surface area contributed by atoms with Gasteiger partial charge in [-0.25, -0.2) is 4.79 Å². The third kappa shape index (κ3) is 1.73. The molecule has 0 unspecified atom stereocenters. The van der Waals surface area contributed by atoms with Crippen molar-refractivity contribution in [3.63, 3.8) is 0 Å². The van der Waals surface area contributed by atoms with Gasteiger partial charge in [0.15, 0.2) is 5.11 Å². The lowest BCUT2D eigenvalue weighted by Crippen LogP contribution is -2.42. The van der Waals surface area contributed by atoms with Gasteiger partial charge < -0.3 is 15.4 Å². The molecule has 66 valence electrons. The van der Waals surface area contributed by atoms with E-state index < -0.39 is 0 Å². The van der Waals surface area contributed by atoms with E-state index in [0.29, 0.717) is 17.2 Å². The van der Waals surface area contributed by atoms with Crippen molar-refractivity contribution in [1.29, 1.82) is 0 Å². The van der Waals surface area contributed by atoms with E-state index in [1.807, 2.05) is 0 Å². The molecule has 0 saturated heterocycles. The summed E-state index contributed by atoms with van der Waals surface area (Å²) >= 11 is 4.85. The van der Waals surface area contributed by atoms with Crippen LogP contribution in [0.5, 0.6) is 0 Å². The predicted molar refractivity (Wildman–Crippen MR) is 48.5 cm³/mol. The Morgan fingerprint density at radius 2 is 2.33 bits per heavy atom. The molecule has 0 amide bonds. The zero-order valence-electron chi connectivity index (χ0n) is 6.93. The van der Waals surface area contributed by atoms with E-state index >= 15 is 0 Å². The van der Waals surface area contributed by atoms with Crippen LogP contribution in [-0.4, -0.2) is 24.7 Å². The lowest BCUT2D eigenvalue weighted by molar-refractivity contribution is -0.136. The fourth-order valence-electron chi connectivity index (χ4n) is 0.940. The van der Waals surface area contributed by atoms with Crippen molar-refractivity contribution >= 4 is 23.3 Å². The molecule has 0 radical (unpaired) electrons. The molecule has 5 heteroatoms. The van der Waals surface area contributed by atoms with Crippen LogP contribution in [-0.2, 0) is 9.53 Å². The van der Waals surface area contributed by atoms with Crippen molar-refractivity contribution < 1.29 is 9.53 Å². The molecule has 4 nitrogen and oxygen atoms in total. The van der Waals surface area contributed by atoms with Crippen LogP contribution in [0.25, 0.3) is 0 Å². The summed E-state index contributed by atoms with van der Waals surface area (Å²) < 4.78 is 4.58. The third-order valence-electron chi connectivity index (χ3n) is 1.61. The number of methoxy groups -OCH3 is 1. The Bertz CT molecular complexity index is 260. The molecule has 0 spiro atoms. The highest BCUT2D eigenvalue weighted by Gasteiger charge is 2.18. The molecule has 12 heavy (non-hydrogen) atoms. The van der Waals surface area contributed by atoms with Gasteiger partial charge in [-0.1, -0.05) is 0 Å². The number of carbonyl (C=O) groups excluding carboxylic acids is 1. The van der Waals surface area contributed by atoms with Crippen molar-refractivity contribution in [1.82, 2.24) is 10.6 Å². The maximum absolute atomic E-state index is 11.1. The Hall–Kier alpha value is -1.10. The smallest absolute Gasteiger partial charge is 0.337 e. The summed E-state index contributed by atoms with van der Waals surface area (Å²) in [6.07, 6.45) is 0. The summed E-state index contributed by atoms with van der Waals surface area (Å²) in [5.41, 5.74) is 1.34. The quantitative estimate of drug-likeness (QED) is 0.443. The lowest BCUT2D eigenvalue weighted by atomic mass is 10.2. The summed E-state index contributed by atoms with van der Waals surface area (Å²) in [6.45, 7) is 2.23. The number of nitrogens with one attached hydrogen (secondary N) is 2. The fourth-order valence-corrected chi connectivity index (χ4v) is 1.16. The molecule has 0 aromatic carbocycles. The summed E-state index contributed by atoms with van der Waals surface area (Å²) in [5.74, 6) is -0.324. The first-order valence-corrected chi connectivity index (χ1v) is 3.89. The Labute approximate surface area is 76.0 Å². The zero-order chi connectivity index (χ0) is 9.14. The van der Waals surface area contributed by atoms with Crippen LogP contribution in [0.4, 0.5) is 0 Å². The normalized spacial score (nSPS) is 16.7. The highest BCUT2D eigenvalue weighted by atomic mass is 32.1. The van der Waals surface area contributed by atoms with Gasteiger partial charge in [0.25, 0.3) is 0 Å². The lowest BCUT2D eigenvalue weighted by Gasteiger charge is -2.20. The minimum absolute atomic E-state index is 0.324. The van der Waals surface area contributed by atoms with Gasteiger partial charge >= 0.3 is 5.97 Å². The Kier molecular flexibility index (Phi) is 2.65. The van der Waals surface area contributed by atoms with Crippen molar-refractivity contribution in [2.24, 2.45) is 0 Å². The maximum Gasteiger partial charge on any atom is 0.337 e. The molecule has 1 rings (SSSR count). The Balaban J connectivity index is 2.82. The van der Waals surface area contributed by atoms with Gasteiger partial charge in [-0.05, 0) is 19.1 Å². The van der Waals surface area contributed by atoms with Gasteiger partial charge in [0.1, 0.15) is 0 Å². The molecule has 0 fully saturated rings. The van der Waals surface area contributed by atoms with Gasteiger partial charge in [-0.2, -0.15) is 0 Å². The standard InChI is InChI=1S/C7H10N2O2S/c1-4-5(6(10)11-2)3-8-7(12)9-4/h3H2,1-2H3,(H2,8,9,12). The van der Waals surface area contributed by atoms with Crippen LogP contribution in [0.15, 0.2) is 11.3 Å². The summed E-state index contributed by atoms with van der Waals surface area (Å²) in [5, 5.41) is 6.22. The molecular weight excluding hydrogens is 176 g/mol. The van der Waals surface area contributed by atoms with Gasteiger partial charge in [0.05, 0.1) is 19.2 Å². The number of ether oxygens (including phenoxy) is 1. The van der Waals surface area contributed by atoms with Crippen LogP contribution in [0.3, 0.4) is 0 Å². The largest absolute Gasteiger partial charge is 0.466 e. The summed E-state index contributed by atoms with van der Waals surface area (Å²) in [6, 6.07) is 0. The van der Waals surface area contributed by atoms with E-state index in [4.69, 9.17) is 12.2 Å². The molecule has 0 saturated carbocycles. The van der Waals surface area contributed by atoms with Crippen molar-refractivity contribution in [2.45, 2.75) is 6.92 Å². The van der Waals surface area contributed by atoms with Crippen molar-refractivity contribution in [2.75, 3.05) is 13.7 Å². The first-order chi connectivity index (χ1) is 5.65. The molecule has 1 heterocycles. The van der Waals surface area contributed by atoms with Crippen LogP contribution in [0.1, 0.15) is 6.92 Å². The number of hydrogen-bond donors (Lipinski definition) is 2. The second kappa shape index (κ2) is 3.53. The molecule has 1 aliphatic rings. The monoisotopic (exact) mass is 186 g/mol. The van der Waals surface area contributed by atoms with E-state index in [1.54, 1.807) is 6.92 Å². The van der Waals surface area contributed by atoms with Crippen LogP contribution >= 0.6 is 12.2 Å². The first kappa shape index (κ1) is 8.99. The maximum atomic E-state index is 11.1. The molecule has 0 aromatic heterocycles. The highest BCUT2D eigenvalue weighted by molar-refractivity contribution is 7.80. The number of hydrogen-bond acceptors (Lipinski definition) is 3. The summed E-state index contributed by atoms with van der Waals surface area (Å²) in [4.78, 5) is 11.1. The molecule has 1 aliphatic heterocycles. The van der Waals surface area contributed by atoms with Crippen molar-refractivity contribution in [3.8, 4) is 0 Å². The average Bonchev–Trinajstić information content (AvgIpc) is 2.03. The fraction of sp³-hybridized carbons (Fsp3) is 0.429. The minimum atomic E-state index is -0.324. The molecule has 0 aliphatic carbocycles. The molecule has 2 N–H and O–H groups in total. The molecule has 0 atom stereocenters. The topological polar surface area (TPSA) is 50.4 Å². The van der Waals surface area contributed by atoms with Gasteiger partial charge in [0.2, 0.25) is 0 Å². The molecule has 0 aromatic rings. The first-order valence-electron chi connectivity index (χ1n) is 3.48. The molecule has 0 bridgehead atoms. The van der Waals surface area contributed by atoms with E-state index in [-0.39, 0.29) is 5.97 Å². The Morgan fingerprint density at radius 3 is 2.83 bits per heavy atom. The van der Waals surface area contributed by atoms with Crippen LogP contribution in [0, 0.1) is 0 Å². The second-order valence-electron chi connectivity index (χ2n) is 2.40. The second-order valence-corrected chi connectivity index (χ2v) is 2.81. The number of carbonyl (C=O) groups is 1. The number of allylic oxidation sites excluding steroid dienone is 1. The highest BCUT2D eigenvalue weighted by Crippen LogP contribution is 2.05. The van der Waals surface area contributed by atoms with Crippen LogP contribution < -0.4 is 10.6 Å². The molecular formula is C7H10N2O2S. The average molecular weight is 186 g/mol. The SMILES string of the molecule is COC(=O)C1=C(C)NC(=S)NC1. The Morgan fingerprint density at radius 1 is 1.67 bits per heavy atom. The van der Waals surface area contributed by atoms with E-state index in [2.05, 4.69) is 15.4 Å². The van der Waals surface area contributed by atoms with Crippen molar-refractivity contribution in [3.05, 3.63) is 11.3 Å². The number of thiocarbonyl (C=S) groups is 1. The van der Waals surface area contributed by atoms with E-state index in [1.165, 1.54) is 7.11 Å². The predicted octanol–water partition coefficient (Wildman–Crippen LogP) is -0.0889. The van der Waals surface area contributed by atoms with Gasteiger partial charge in [-0.15, -0.1) is 0 Å². The van der Waals surface area contributed by atoms with E-state index in [9.17, 15) is 4.79 Å². The van der Waals surface area contributed by atoms with Crippen LogP contribution in [0.2, 0.25) is 0 Å². The minimum Gasteiger partial charge on any atom is -0.466 e. The number of rotatable bonds is 1. The summed E-state index contributed by atoms with van der Waals surface area (Å²) in [7, 11) is 1.36. The van der Waals surface area contributed by atoms with Gasteiger partial charge in [-0.3, -0.25) is 0 Å². The third-order valence-corrected chi connectivity index (χ3v) is 1.86. The van der Waals surface area contributed by atoms with E-state index in [0.717, 1.165) is 5.70 Å². The van der Waals surface area contributed by atoms with Gasteiger partial charge in [0, 0.05) is 5.70 Å². The number of esters is 1. The zero-order valence-corrected chi connectivity index (χ0v) is 7.75.